The summed E-state index contributed by atoms with van der Waals surface area (Å²) in [5, 5.41) is 0. The highest BCUT2D eigenvalue weighted by Crippen LogP contribution is 2.65. The van der Waals surface area contributed by atoms with Gasteiger partial charge in [0.15, 0.2) is 0 Å². The highest BCUT2D eigenvalue weighted by atomic mass is 16.7. The molecule has 3 rings (SSSR count). The third kappa shape index (κ3) is 1.96. The smallest absolute Gasteiger partial charge is 0.202 e. The van der Waals surface area contributed by atoms with Gasteiger partial charge in [-0.15, -0.1) is 0 Å². The first kappa shape index (κ1) is 17.9. The minimum atomic E-state index is -0.829. The van der Waals surface area contributed by atoms with Crippen LogP contribution in [0.4, 0.5) is 0 Å². The molecular weight excluding hydrogens is 308 g/mol. The molecule has 0 radical (unpaired) electrons. The van der Waals surface area contributed by atoms with Crippen molar-refractivity contribution in [2.24, 2.45) is 5.92 Å². The van der Waals surface area contributed by atoms with Crippen LogP contribution in [0.3, 0.4) is 0 Å². The van der Waals surface area contributed by atoms with Crippen LogP contribution in [0.2, 0.25) is 0 Å². The summed E-state index contributed by atoms with van der Waals surface area (Å²) in [6.07, 6.45) is 0.523. The van der Waals surface area contributed by atoms with E-state index < -0.39 is 17.0 Å². The summed E-state index contributed by atoms with van der Waals surface area (Å²) < 4.78 is 30.3. The number of ether oxygens (including phenoxy) is 4. The van der Waals surface area contributed by atoms with Crippen LogP contribution in [0, 0.1) is 19.8 Å². The highest BCUT2D eigenvalue weighted by molar-refractivity contribution is 5.31. The van der Waals surface area contributed by atoms with Crippen LogP contribution in [0.5, 0.6) is 0 Å². The van der Waals surface area contributed by atoms with Gasteiger partial charge in [0, 0.05) is 39.6 Å². The molecule has 0 spiro atoms. The Balaban J connectivity index is 2.11. The van der Waals surface area contributed by atoms with Crippen LogP contribution in [-0.4, -0.2) is 44.4 Å². The molecule has 0 N–H and O–H groups in total. The van der Waals surface area contributed by atoms with Gasteiger partial charge in [-0.05, 0) is 32.4 Å². The Kier molecular flexibility index (Phi) is 4.15. The lowest BCUT2D eigenvalue weighted by Crippen LogP contribution is -2.62. The summed E-state index contributed by atoms with van der Waals surface area (Å²) in [5.74, 6) is 1.31. The molecule has 1 aromatic rings. The van der Waals surface area contributed by atoms with Crippen molar-refractivity contribution < 1.29 is 23.4 Å². The fraction of sp³-hybridized carbons (Fsp3) is 0.789. The maximum atomic E-state index is 6.71. The predicted molar refractivity (Wildman–Crippen MR) is 90.1 cm³/mol. The summed E-state index contributed by atoms with van der Waals surface area (Å²) in [7, 11) is 5.08. The fourth-order valence-corrected chi connectivity index (χ4v) is 5.32. The molecule has 24 heavy (non-hydrogen) atoms. The van der Waals surface area contributed by atoms with Crippen molar-refractivity contribution in [2.45, 2.75) is 70.1 Å². The third-order valence-electron chi connectivity index (χ3n) is 6.55. The average Bonchev–Trinajstić information content (AvgIpc) is 3.10. The minimum absolute atomic E-state index is 0.0628. The standard InChI is InChI=1S/C19H30O5/c1-11-9-12(2)23-15(11)13(3)18-10-19(21-7,22-8)17(5,24-18)16(20-6)14(18)4/h9,13-14,16H,10H2,1-8H3/t13-,14+,16+,17+,18-/m0/s1. The van der Waals surface area contributed by atoms with Crippen molar-refractivity contribution in [3.05, 3.63) is 23.2 Å². The first-order valence-corrected chi connectivity index (χ1v) is 8.61. The van der Waals surface area contributed by atoms with Crippen molar-refractivity contribution in [1.82, 2.24) is 0 Å². The third-order valence-corrected chi connectivity index (χ3v) is 6.55. The molecular formula is C19H30O5. The van der Waals surface area contributed by atoms with Gasteiger partial charge in [-0.25, -0.2) is 0 Å². The van der Waals surface area contributed by atoms with Gasteiger partial charge >= 0.3 is 0 Å². The van der Waals surface area contributed by atoms with Gasteiger partial charge in [0.2, 0.25) is 5.79 Å². The van der Waals surface area contributed by atoms with E-state index in [4.69, 9.17) is 23.4 Å². The van der Waals surface area contributed by atoms with Crippen LogP contribution in [0.15, 0.2) is 10.5 Å². The fourth-order valence-electron chi connectivity index (χ4n) is 5.32. The average molecular weight is 338 g/mol. The predicted octanol–water partition coefficient (Wildman–Crippen LogP) is 3.57. The van der Waals surface area contributed by atoms with E-state index in [1.807, 2.05) is 13.8 Å². The van der Waals surface area contributed by atoms with Crippen molar-refractivity contribution in [3.63, 3.8) is 0 Å². The lowest BCUT2D eigenvalue weighted by molar-refractivity contribution is -0.289. The zero-order chi connectivity index (χ0) is 17.9. The Morgan fingerprint density at radius 3 is 2.29 bits per heavy atom. The molecule has 2 aliphatic rings. The molecule has 136 valence electrons. The number of aryl methyl sites for hydroxylation is 2. The van der Waals surface area contributed by atoms with E-state index in [9.17, 15) is 0 Å². The molecule has 3 heterocycles. The Labute approximate surface area is 144 Å². The second kappa shape index (κ2) is 5.56. The zero-order valence-electron chi connectivity index (χ0n) is 16.1. The number of methoxy groups -OCH3 is 3. The Bertz CT molecular complexity index is 619. The zero-order valence-corrected chi connectivity index (χ0v) is 16.1. The van der Waals surface area contributed by atoms with Gasteiger partial charge in [-0.3, -0.25) is 0 Å². The number of rotatable bonds is 5. The maximum Gasteiger partial charge on any atom is 0.202 e. The highest BCUT2D eigenvalue weighted by Gasteiger charge is 2.77. The molecule has 2 aliphatic heterocycles. The van der Waals surface area contributed by atoms with Crippen molar-refractivity contribution >= 4 is 0 Å². The van der Waals surface area contributed by atoms with E-state index in [1.165, 1.54) is 0 Å². The van der Waals surface area contributed by atoms with E-state index in [1.54, 1.807) is 21.3 Å². The lowest BCUT2D eigenvalue weighted by atomic mass is 9.65. The molecule has 0 aromatic carbocycles. The SMILES string of the molecule is CO[C@@H]1[C@@H](C)[C@@]2([C@@H](C)c3oc(C)cc3C)CC(OC)(OC)[C@]1(C)O2. The first-order chi connectivity index (χ1) is 11.2. The lowest BCUT2D eigenvalue weighted by Gasteiger charge is -2.47. The molecule has 5 heteroatoms. The van der Waals surface area contributed by atoms with E-state index in [0.717, 1.165) is 17.1 Å². The maximum absolute atomic E-state index is 6.71. The van der Waals surface area contributed by atoms with E-state index in [0.29, 0.717) is 6.42 Å². The minimum Gasteiger partial charge on any atom is -0.466 e. The number of hydrogen-bond donors (Lipinski definition) is 0. The molecule has 5 nitrogen and oxygen atoms in total. The number of hydrogen-bond acceptors (Lipinski definition) is 5. The summed E-state index contributed by atoms with van der Waals surface area (Å²) in [6, 6.07) is 2.07. The van der Waals surface area contributed by atoms with Gasteiger partial charge in [0.05, 0.1) is 11.7 Å². The molecule has 2 fully saturated rings. The Morgan fingerprint density at radius 2 is 1.83 bits per heavy atom. The molecule has 1 aromatic heterocycles. The van der Waals surface area contributed by atoms with Crippen LogP contribution in [0.1, 0.15) is 50.2 Å². The Morgan fingerprint density at radius 1 is 1.21 bits per heavy atom. The van der Waals surface area contributed by atoms with Crippen molar-refractivity contribution in [3.8, 4) is 0 Å². The first-order valence-electron chi connectivity index (χ1n) is 8.61. The summed E-state index contributed by atoms with van der Waals surface area (Å²) in [4.78, 5) is 0. The van der Waals surface area contributed by atoms with E-state index >= 15 is 0 Å². The van der Waals surface area contributed by atoms with Gasteiger partial charge in [-0.1, -0.05) is 13.8 Å². The van der Waals surface area contributed by atoms with Crippen molar-refractivity contribution in [2.75, 3.05) is 21.3 Å². The molecule has 2 saturated heterocycles. The molecule has 0 saturated carbocycles. The van der Waals surface area contributed by atoms with E-state index in [2.05, 4.69) is 26.8 Å². The molecule has 0 amide bonds. The molecule has 5 atom stereocenters. The topological polar surface area (TPSA) is 50.1 Å². The van der Waals surface area contributed by atoms with Crippen LogP contribution in [-0.2, 0) is 18.9 Å². The van der Waals surface area contributed by atoms with Gasteiger partial charge < -0.3 is 23.4 Å². The number of fused-ring (bicyclic) bond motifs is 2. The van der Waals surface area contributed by atoms with Crippen LogP contribution < -0.4 is 0 Å². The van der Waals surface area contributed by atoms with Crippen LogP contribution >= 0.6 is 0 Å². The van der Waals surface area contributed by atoms with E-state index in [-0.39, 0.29) is 17.9 Å². The second-order valence-corrected chi connectivity index (χ2v) is 7.57. The summed E-state index contributed by atoms with van der Waals surface area (Å²) in [5.41, 5.74) is 0.0189. The molecule has 0 aliphatic carbocycles. The number of furan rings is 1. The molecule has 0 unspecified atom stereocenters. The molecule has 2 bridgehead atoms. The normalized spacial score (nSPS) is 38.7. The second-order valence-electron chi connectivity index (χ2n) is 7.57. The van der Waals surface area contributed by atoms with Crippen molar-refractivity contribution in [1.29, 1.82) is 0 Å². The van der Waals surface area contributed by atoms with Gasteiger partial charge in [0.1, 0.15) is 17.1 Å². The monoisotopic (exact) mass is 338 g/mol. The van der Waals surface area contributed by atoms with Crippen LogP contribution in [0.25, 0.3) is 0 Å². The van der Waals surface area contributed by atoms with Gasteiger partial charge in [0.25, 0.3) is 0 Å². The largest absolute Gasteiger partial charge is 0.466 e. The quantitative estimate of drug-likeness (QED) is 0.768. The van der Waals surface area contributed by atoms with Gasteiger partial charge in [-0.2, -0.15) is 0 Å². The Hall–Kier alpha value is -0.880. The summed E-state index contributed by atoms with van der Waals surface area (Å²) in [6.45, 7) is 10.5. The summed E-state index contributed by atoms with van der Waals surface area (Å²) >= 11 is 0.